The van der Waals surface area contributed by atoms with E-state index in [1.807, 2.05) is 0 Å². The van der Waals surface area contributed by atoms with Crippen molar-refractivity contribution in [3.05, 3.63) is 23.3 Å². The number of hydrogen-bond donors (Lipinski definition) is 1. The first-order valence-electron chi connectivity index (χ1n) is 4.92. The van der Waals surface area contributed by atoms with Gasteiger partial charge in [-0.05, 0) is 26.0 Å². The van der Waals surface area contributed by atoms with Crippen LogP contribution in [0.15, 0.2) is 12.1 Å². The molecule has 3 nitrogen and oxygen atoms in total. The van der Waals surface area contributed by atoms with E-state index < -0.39 is 28.8 Å². The van der Waals surface area contributed by atoms with Gasteiger partial charge in [0.05, 0.1) is 17.9 Å². The molecule has 0 fully saturated rings. The molecule has 0 spiro atoms. The van der Waals surface area contributed by atoms with Gasteiger partial charge in [0.15, 0.2) is 5.78 Å². The number of nitrogen functional groups attached to an aromatic ring is 1. The van der Waals surface area contributed by atoms with Crippen molar-refractivity contribution in [3.63, 3.8) is 0 Å². The Labute approximate surface area is 96.4 Å². The number of halogens is 3. The minimum absolute atomic E-state index is 0.0650. The van der Waals surface area contributed by atoms with Gasteiger partial charge in [0.2, 0.25) is 0 Å². The van der Waals surface area contributed by atoms with Gasteiger partial charge in [0.25, 0.3) is 0 Å². The molecule has 2 N–H and O–H groups in total. The number of ketones is 1. The number of carbonyl (C=O) groups excluding carboxylic acids is 1. The van der Waals surface area contributed by atoms with Crippen molar-refractivity contribution in [2.45, 2.75) is 20.0 Å². The molecule has 0 atom stereocenters. The summed E-state index contributed by atoms with van der Waals surface area (Å²) in [6.45, 7) is 2.89. The number of alkyl halides is 3. The number of benzene rings is 1. The van der Waals surface area contributed by atoms with Crippen LogP contribution < -0.4 is 10.5 Å². The van der Waals surface area contributed by atoms with Gasteiger partial charge in [0, 0.05) is 5.56 Å². The van der Waals surface area contributed by atoms with Crippen LogP contribution >= 0.6 is 0 Å². The largest absolute Gasteiger partial charge is 0.492 e. The summed E-state index contributed by atoms with van der Waals surface area (Å²) in [5.74, 6) is -0.753. The molecular weight excluding hydrogens is 235 g/mol. The van der Waals surface area contributed by atoms with Crippen molar-refractivity contribution in [1.82, 2.24) is 0 Å². The Morgan fingerprint density at radius 1 is 1.41 bits per heavy atom. The summed E-state index contributed by atoms with van der Waals surface area (Å²) in [5, 5.41) is 0. The van der Waals surface area contributed by atoms with E-state index in [1.165, 1.54) is 6.07 Å². The van der Waals surface area contributed by atoms with Crippen molar-refractivity contribution in [2.24, 2.45) is 0 Å². The third-order valence-electron chi connectivity index (χ3n) is 2.17. The van der Waals surface area contributed by atoms with E-state index in [0.29, 0.717) is 0 Å². The molecule has 1 aromatic rings. The van der Waals surface area contributed by atoms with Crippen LogP contribution in [0.2, 0.25) is 0 Å². The molecule has 0 aliphatic carbocycles. The van der Waals surface area contributed by atoms with Gasteiger partial charge in [-0.25, -0.2) is 0 Å². The molecule has 0 aliphatic rings. The number of carbonyl (C=O) groups is 1. The molecular formula is C11H12F3NO2. The van der Waals surface area contributed by atoms with E-state index in [2.05, 4.69) is 0 Å². The summed E-state index contributed by atoms with van der Waals surface area (Å²) in [5.41, 5.74) is 3.27. The fourth-order valence-corrected chi connectivity index (χ4v) is 1.48. The quantitative estimate of drug-likeness (QED) is 0.660. The third kappa shape index (κ3) is 2.69. The van der Waals surface area contributed by atoms with Crippen LogP contribution in [-0.4, -0.2) is 12.4 Å². The fourth-order valence-electron chi connectivity index (χ4n) is 1.48. The topological polar surface area (TPSA) is 52.3 Å². The molecule has 0 amide bonds. The average Bonchev–Trinajstić information content (AvgIpc) is 2.18. The van der Waals surface area contributed by atoms with Crippen LogP contribution in [0, 0.1) is 0 Å². The summed E-state index contributed by atoms with van der Waals surface area (Å²) in [7, 11) is 0. The third-order valence-corrected chi connectivity index (χ3v) is 2.17. The Morgan fingerprint density at radius 3 is 2.41 bits per heavy atom. The van der Waals surface area contributed by atoms with Gasteiger partial charge >= 0.3 is 6.18 Å². The second-order valence-corrected chi connectivity index (χ2v) is 3.39. The summed E-state index contributed by atoms with van der Waals surface area (Å²) in [6.07, 6.45) is -4.68. The average molecular weight is 247 g/mol. The fraction of sp³-hybridized carbons (Fsp3) is 0.364. The molecule has 94 valence electrons. The van der Waals surface area contributed by atoms with E-state index in [-0.39, 0.29) is 12.4 Å². The molecule has 0 heterocycles. The lowest BCUT2D eigenvalue weighted by atomic mass is 10.0. The summed E-state index contributed by atoms with van der Waals surface area (Å²) >= 11 is 0. The summed E-state index contributed by atoms with van der Waals surface area (Å²) < 4.78 is 43.4. The van der Waals surface area contributed by atoms with Crippen molar-refractivity contribution >= 4 is 11.5 Å². The van der Waals surface area contributed by atoms with Crippen LogP contribution in [0.1, 0.15) is 29.8 Å². The number of hydrogen-bond acceptors (Lipinski definition) is 3. The highest BCUT2D eigenvalue weighted by Gasteiger charge is 2.38. The maximum Gasteiger partial charge on any atom is 0.419 e. The Morgan fingerprint density at radius 2 is 2.00 bits per heavy atom. The highest BCUT2D eigenvalue weighted by Crippen LogP contribution is 2.40. The van der Waals surface area contributed by atoms with Gasteiger partial charge in [-0.3, -0.25) is 4.79 Å². The Bertz CT molecular complexity index is 441. The normalized spacial score (nSPS) is 11.4. The molecule has 0 saturated carbocycles. The number of rotatable bonds is 3. The van der Waals surface area contributed by atoms with Crippen molar-refractivity contribution in [1.29, 1.82) is 0 Å². The molecule has 6 heteroatoms. The number of anilines is 1. The molecule has 1 aromatic carbocycles. The highest BCUT2D eigenvalue weighted by atomic mass is 19.4. The number of Topliss-reactive ketones (excluding diaryl/α,β-unsaturated/α-hetero) is 1. The molecule has 0 bridgehead atoms. The lowest BCUT2D eigenvalue weighted by Gasteiger charge is -2.16. The van der Waals surface area contributed by atoms with Crippen LogP contribution in [0.25, 0.3) is 0 Å². The maximum absolute atomic E-state index is 12.8. The SMILES string of the molecule is CCOc1ccc(C(C)=O)c(C(F)(F)F)c1N. The molecule has 0 unspecified atom stereocenters. The van der Waals surface area contributed by atoms with E-state index >= 15 is 0 Å². The molecule has 0 aliphatic heterocycles. The second kappa shape index (κ2) is 4.65. The van der Waals surface area contributed by atoms with Crippen LogP contribution in [0.5, 0.6) is 5.75 Å². The predicted octanol–water partition coefficient (Wildman–Crippen LogP) is 2.89. The Balaban J connectivity index is 3.48. The van der Waals surface area contributed by atoms with Crippen LogP contribution in [0.4, 0.5) is 18.9 Å². The minimum Gasteiger partial charge on any atom is -0.492 e. The zero-order valence-electron chi connectivity index (χ0n) is 9.39. The van der Waals surface area contributed by atoms with Gasteiger partial charge in [-0.1, -0.05) is 0 Å². The standard InChI is InChI=1S/C11H12F3NO2/c1-3-17-8-5-4-7(6(2)16)9(10(8)15)11(12,13)14/h4-5H,3,15H2,1-2H3. The monoisotopic (exact) mass is 247 g/mol. The highest BCUT2D eigenvalue weighted by molar-refractivity contribution is 5.97. The van der Waals surface area contributed by atoms with Gasteiger partial charge in [-0.15, -0.1) is 0 Å². The van der Waals surface area contributed by atoms with Crippen molar-refractivity contribution in [3.8, 4) is 5.75 Å². The lowest BCUT2D eigenvalue weighted by Crippen LogP contribution is -2.15. The van der Waals surface area contributed by atoms with E-state index in [1.54, 1.807) is 6.92 Å². The van der Waals surface area contributed by atoms with Crippen LogP contribution in [-0.2, 0) is 6.18 Å². The molecule has 0 aromatic heterocycles. The maximum atomic E-state index is 12.8. The lowest BCUT2D eigenvalue weighted by molar-refractivity contribution is -0.137. The van der Waals surface area contributed by atoms with Gasteiger partial charge < -0.3 is 10.5 Å². The number of nitrogens with two attached hydrogens (primary N) is 1. The molecule has 17 heavy (non-hydrogen) atoms. The zero-order valence-corrected chi connectivity index (χ0v) is 9.39. The first-order valence-corrected chi connectivity index (χ1v) is 4.92. The minimum atomic E-state index is -4.68. The summed E-state index contributed by atoms with van der Waals surface area (Å²) in [6, 6.07) is 2.34. The first kappa shape index (κ1) is 13.3. The Hall–Kier alpha value is -1.72. The zero-order chi connectivity index (χ0) is 13.2. The molecule has 1 rings (SSSR count). The molecule has 0 radical (unpaired) electrons. The van der Waals surface area contributed by atoms with Crippen molar-refractivity contribution < 1.29 is 22.7 Å². The van der Waals surface area contributed by atoms with Crippen molar-refractivity contribution in [2.75, 3.05) is 12.3 Å². The Kier molecular flexibility index (Phi) is 3.65. The van der Waals surface area contributed by atoms with E-state index in [0.717, 1.165) is 13.0 Å². The smallest absolute Gasteiger partial charge is 0.419 e. The van der Waals surface area contributed by atoms with Gasteiger partial charge in [0.1, 0.15) is 5.75 Å². The predicted molar refractivity (Wildman–Crippen MR) is 57.0 cm³/mol. The second-order valence-electron chi connectivity index (χ2n) is 3.39. The van der Waals surface area contributed by atoms with Gasteiger partial charge in [-0.2, -0.15) is 13.2 Å². The van der Waals surface area contributed by atoms with Crippen LogP contribution in [0.3, 0.4) is 0 Å². The first-order chi connectivity index (χ1) is 7.79. The number of ether oxygens (including phenoxy) is 1. The summed E-state index contributed by atoms with van der Waals surface area (Å²) in [4.78, 5) is 11.1. The van der Waals surface area contributed by atoms with E-state index in [9.17, 15) is 18.0 Å². The van der Waals surface area contributed by atoms with E-state index in [4.69, 9.17) is 10.5 Å². The molecule has 0 saturated heterocycles.